The molecular formula is C23H25N5O5. The molecule has 0 saturated carbocycles. The number of amides is 1. The minimum Gasteiger partial charge on any atom is -0.497 e. The summed E-state index contributed by atoms with van der Waals surface area (Å²) in [5.74, 6) is 1.22. The second-order valence-corrected chi connectivity index (χ2v) is 7.60. The molecule has 172 valence electrons. The first-order valence-corrected chi connectivity index (χ1v) is 10.3. The number of nitrogens with one attached hydrogen (secondary N) is 2. The van der Waals surface area contributed by atoms with Crippen molar-refractivity contribution in [1.29, 1.82) is 0 Å². The summed E-state index contributed by atoms with van der Waals surface area (Å²) < 4.78 is 17.6. The molecule has 1 aliphatic heterocycles. The van der Waals surface area contributed by atoms with Crippen molar-refractivity contribution >= 4 is 22.9 Å². The molecule has 3 aromatic rings. The van der Waals surface area contributed by atoms with E-state index < -0.39 is 0 Å². The standard InChI is InChI=1S/C23H25N5O5/c1-5-20(29)25-18-11-33-12-19(18)26-23-24-10-14-8-17(22(30)28(2)21(14)27-23)13-6-15(31-3)9-16(7-13)32-4/h5-10,18-19H,1,11-12H2,2-4H3,(H,25,29)(H,24,26,27). The molecule has 1 saturated heterocycles. The Morgan fingerprint density at radius 3 is 2.55 bits per heavy atom. The molecule has 4 rings (SSSR count). The normalized spacial score (nSPS) is 17.5. The van der Waals surface area contributed by atoms with Crippen LogP contribution in [0.5, 0.6) is 11.5 Å². The number of carbonyl (C=O) groups excluding carboxylic acids is 1. The summed E-state index contributed by atoms with van der Waals surface area (Å²) in [6.45, 7) is 4.23. The zero-order valence-corrected chi connectivity index (χ0v) is 18.6. The highest BCUT2D eigenvalue weighted by atomic mass is 16.5. The molecule has 0 spiro atoms. The second-order valence-electron chi connectivity index (χ2n) is 7.60. The molecule has 0 bridgehead atoms. The highest BCUT2D eigenvalue weighted by Gasteiger charge is 2.29. The Labute approximate surface area is 190 Å². The van der Waals surface area contributed by atoms with Gasteiger partial charge in [-0.05, 0) is 29.8 Å². The van der Waals surface area contributed by atoms with Crippen LogP contribution in [0.3, 0.4) is 0 Å². The van der Waals surface area contributed by atoms with Crippen LogP contribution in [-0.2, 0) is 16.6 Å². The molecule has 1 amide bonds. The van der Waals surface area contributed by atoms with Gasteiger partial charge in [-0.15, -0.1) is 0 Å². The first-order chi connectivity index (χ1) is 15.9. The Bertz CT molecular complexity index is 1250. The molecule has 2 atom stereocenters. The monoisotopic (exact) mass is 451 g/mol. The summed E-state index contributed by atoms with van der Waals surface area (Å²) in [7, 11) is 4.78. The molecule has 1 aliphatic rings. The summed E-state index contributed by atoms with van der Waals surface area (Å²) in [5.41, 5.74) is 1.40. The Hall–Kier alpha value is -3.92. The van der Waals surface area contributed by atoms with Gasteiger partial charge in [0.15, 0.2) is 0 Å². The lowest BCUT2D eigenvalue weighted by Gasteiger charge is -2.20. The van der Waals surface area contributed by atoms with Crippen LogP contribution < -0.4 is 25.7 Å². The average molecular weight is 451 g/mol. The van der Waals surface area contributed by atoms with E-state index in [0.29, 0.717) is 52.8 Å². The Kier molecular flexibility index (Phi) is 6.27. The third-order valence-corrected chi connectivity index (χ3v) is 5.52. The molecule has 1 fully saturated rings. The van der Waals surface area contributed by atoms with Crippen LogP contribution in [0.2, 0.25) is 0 Å². The summed E-state index contributed by atoms with van der Waals surface area (Å²) in [6.07, 6.45) is 2.87. The van der Waals surface area contributed by atoms with Gasteiger partial charge in [0.1, 0.15) is 17.1 Å². The zero-order chi connectivity index (χ0) is 23.5. The van der Waals surface area contributed by atoms with Crippen molar-refractivity contribution in [2.24, 2.45) is 7.05 Å². The van der Waals surface area contributed by atoms with Gasteiger partial charge in [-0.25, -0.2) is 4.98 Å². The first kappa shape index (κ1) is 22.3. The number of benzene rings is 1. The Morgan fingerprint density at radius 2 is 1.88 bits per heavy atom. The molecule has 2 unspecified atom stereocenters. The van der Waals surface area contributed by atoms with Crippen molar-refractivity contribution in [2.45, 2.75) is 12.1 Å². The predicted octanol–water partition coefficient (Wildman–Crippen LogP) is 1.49. The zero-order valence-electron chi connectivity index (χ0n) is 18.6. The lowest BCUT2D eigenvalue weighted by Crippen LogP contribution is -2.45. The third-order valence-electron chi connectivity index (χ3n) is 5.52. The van der Waals surface area contributed by atoms with Gasteiger partial charge in [-0.3, -0.25) is 14.2 Å². The molecular weight excluding hydrogens is 426 g/mol. The van der Waals surface area contributed by atoms with Gasteiger partial charge in [0.25, 0.3) is 5.56 Å². The van der Waals surface area contributed by atoms with Gasteiger partial charge in [0.2, 0.25) is 11.9 Å². The molecule has 0 aliphatic carbocycles. The summed E-state index contributed by atoms with van der Waals surface area (Å²) in [4.78, 5) is 33.8. The van der Waals surface area contributed by atoms with E-state index in [0.717, 1.165) is 0 Å². The maximum absolute atomic E-state index is 13.2. The number of carbonyl (C=O) groups is 1. The molecule has 3 heterocycles. The highest BCUT2D eigenvalue weighted by molar-refractivity contribution is 5.87. The minimum atomic E-state index is -0.277. The van der Waals surface area contributed by atoms with Crippen LogP contribution in [0.15, 0.2) is 47.9 Å². The van der Waals surface area contributed by atoms with Crippen LogP contribution in [0, 0.1) is 0 Å². The van der Waals surface area contributed by atoms with E-state index in [-0.39, 0.29) is 23.6 Å². The van der Waals surface area contributed by atoms with E-state index >= 15 is 0 Å². The number of anilines is 1. The molecule has 10 heteroatoms. The summed E-state index contributed by atoms with van der Waals surface area (Å²) in [5, 5.41) is 6.71. The number of nitrogens with zero attached hydrogens (tertiary/aromatic N) is 3. The number of methoxy groups -OCH3 is 2. The number of ether oxygens (including phenoxy) is 3. The van der Waals surface area contributed by atoms with Crippen LogP contribution >= 0.6 is 0 Å². The Morgan fingerprint density at radius 1 is 1.18 bits per heavy atom. The van der Waals surface area contributed by atoms with Crippen molar-refractivity contribution in [2.75, 3.05) is 32.8 Å². The van der Waals surface area contributed by atoms with Crippen LogP contribution in [0.1, 0.15) is 0 Å². The fourth-order valence-corrected chi connectivity index (χ4v) is 3.73. The summed E-state index contributed by atoms with van der Waals surface area (Å²) >= 11 is 0. The van der Waals surface area contributed by atoms with Crippen molar-refractivity contribution in [3.63, 3.8) is 0 Å². The topological polar surface area (TPSA) is 117 Å². The molecule has 10 nitrogen and oxygen atoms in total. The van der Waals surface area contributed by atoms with Crippen LogP contribution in [0.4, 0.5) is 5.95 Å². The number of aryl methyl sites for hydroxylation is 1. The van der Waals surface area contributed by atoms with Gasteiger partial charge in [-0.2, -0.15) is 4.98 Å². The first-order valence-electron chi connectivity index (χ1n) is 10.3. The molecule has 33 heavy (non-hydrogen) atoms. The maximum atomic E-state index is 13.2. The molecule has 2 N–H and O–H groups in total. The van der Waals surface area contributed by atoms with E-state index in [1.54, 1.807) is 51.7 Å². The predicted molar refractivity (Wildman–Crippen MR) is 124 cm³/mol. The van der Waals surface area contributed by atoms with Gasteiger partial charge in [-0.1, -0.05) is 6.58 Å². The van der Waals surface area contributed by atoms with Crippen molar-refractivity contribution in [3.05, 3.63) is 53.5 Å². The van der Waals surface area contributed by atoms with Crippen LogP contribution in [-0.4, -0.2) is 60.0 Å². The van der Waals surface area contributed by atoms with Gasteiger partial charge in [0, 0.05) is 30.3 Å². The number of aromatic nitrogens is 3. The molecule has 1 aromatic carbocycles. The number of hydrogen-bond donors (Lipinski definition) is 2. The summed E-state index contributed by atoms with van der Waals surface area (Å²) in [6, 6.07) is 6.59. The maximum Gasteiger partial charge on any atom is 0.259 e. The SMILES string of the molecule is C=CC(=O)NC1COCC1Nc1ncc2cc(-c3cc(OC)cc(OC)c3)c(=O)n(C)c2n1. The second kappa shape index (κ2) is 9.29. The highest BCUT2D eigenvalue weighted by Crippen LogP contribution is 2.29. The van der Waals surface area contributed by atoms with E-state index in [2.05, 4.69) is 27.2 Å². The van der Waals surface area contributed by atoms with E-state index in [4.69, 9.17) is 14.2 Å². The van der Waals surface area contributed by atoms with E-state index in [1.807, 2.05) is 0 Å². The quantitative estimate of drug-likeness (QED) is 0.519. The van der Waals surface area contributed by atoms with E-state index in [9.17, 15) is 9.59 Å². The largest absolute Gasteiger partial charge is 0.497 e. The smallest absolute Gasteiger partial charge is 0.259 e. The molecule has 0 radical (unpaired) electrons. The number of fused-ring (bicyclic) bond motifs is 1. The number of pyridine rings is 1. The average Bonchev–Trinajstić information content (AvgIpc) is 3.27. The van der Waals surface area contributed by atoms with Crippen molar-refractivity contribution < 1.29 is 19.0 Å². The number of rotatable bonds is 7. The van der Waals surface area contributed by atoms with Gasteiger partial charge >= 0.3 is 0 Å². The van der Waals surface area contributed by atoms with E-state index in [1.165, 1.54) is 10.6 Å². The van der Waals surface area contributed by atoms with Gasteiger partial charge in [0.05, 0.1) is 39.5 Å². The van der Waals surface area contributed by atoms with Gasteiger partial charge < -0.3 is 24.8 Å². The number of hydrogen-bond acceptors (Lipinski definition) is 8. The van der Waals surface area contributed by atoms with Crippen LogP contribution in [0.25, 0.3) is 22.2 Å². The van der Waals surface area contributed by atoms with Crippen molar-refractivity contribution in [1.82, 2.24) is 19.9 Å². The lowest BCUT2D eigenvalue weighted by molar-refractivity contribution is -0.117. The Balaban J connectivity index is 1.68. The fraction of sp³-hybridized carbons (Fsp3) is 0.304. The van der Waals surface area contributed by atoms with Crippen molar-refractivity contribution in [3.8, 4) is 22.6 Å². The molecule has 2 aromatic heterocycles. The third kappa shape index (κ3) is 4.51. The fourth-order valence-electron chi connectivity index (χ4n) is 3.73. The minimum absolute atomic E-state index is 0.216. The lowest BCUT2D eigenvalue weighted by atomic mass is 10.1.